The fraction of sp³-hybridized carbons (Fsp3) is 0.625. The average molecular weight is 338 g/mol. The minimum absolute atomic E-state index is 0.00812. The van der Waals surface area contributed by atoms with Crippen LogP contribution in [0.5, 0.6) is 0 Å². The normalized spacial score (nSPS) is 20.3. The Balaban J connectivity index is 3.24. The lowest BCUT2D eigenvalue weighted by Crippen LogP contribution is -2.47. The van der Waals surface area contributed by atoms with Crippen molar-refractivity contribution in [3.8, 4) is 6.07 Å². The molecule has 0 aliphatic carbocycles. The summed E-state index contributed by atoms with van der Waals surface area (Å²) in [7, 11) is -0.792. The number of hydrogen-bond acceptors (Lipinski definition) is 6. The second-order valence-corrected chi connectivity index (χ2v) is 11.9. The van der Waals surface area contributed by atoms with Gasteiger partial charge >= 0.3 is 5.97 Å². The third kappa shape index (κ3) is 4.22. The molecule has 0 fully saturated rings. The quantitative estimate of drug-likeness (QED) is 0.603. The molecule has 1 aliphatic rings. The van der Waals surface area contributed by atoms with Crippen LogP contribution >= 0.6 is 0 Å². The smallest absolute Gasteiger partial charge is 0.339 e. The molecule has 0 spiro atoms. The number of carbonyl (C=O) groups is 1. The summed E-state index contributed by atoms with van der Waals surface area (Å²) in [6, 6.07) is 1.87. The van der Waals surface area contributed by atoms with Gasteiger partial charge in [-0.15, -0.1) is 0 Å². The Morgan fingerprint density at radius 2 is 2.04 bits per heavy atom. The summed E-state index contributed by atoms with van der Waals surface area (Å²) in [5.74, 6) is -0.571. The van der Waals surface area contributed by atoms with Crippen LogP contribution in [0.2, 0.25) is 18.1 Å². The third-order valence-electron chi connectivity index (χ3n) is 4.40. The fourth-order valence-corrected chi connectivity index (χ4v) is 3.36. The molecule has 2 N–H and O–H groups in total. The highest BCUT2D eigenvalue weighted by Crippen LogP contribution is 2.38. The molecule has 2 unspecified atom stereocenters. The molecule has 1 aliphatic heterocycles. The van der Waals surface area contributed by atoms with Crippen LogP contribution in [0, 0.1) is 11.3 Å². The molecule has 23 heavy (non-hydrogen) atoms. The van der Waals surface area contributed by atoms with Gasteiger partial charge < -0.3 is 19.6 Å². The number of hydrogen-bond donors (Lipinski definition) is 2. The van der Waals surface area contributed by atoms with Crippen LogP contribution < -0.4 is 5.32 Å². The van der Waals surface area contributed by atoms with Gasteiger partial charge in [-0.2, -0.15) is 5.26 Å². The van der Waals surface area contributed by atoms with Gasteiger partial charge in [-0.3, -0.25) is 0 Å². The van der Waals surface area contributed by atoms with Gasteiger partial charge in [0.05, 0.1) is 36.1 Å². The summed E-state index contributed by atoms with van der Waals surface area (Å²) < 4.78 is 11.1. The van der Waals surface area contributed by atoms with Crippen LogP contribution in [-0.2, 0) is 14.0 Å². The number of nitriles is 1. The van der Waals surface area contributed by atoms with Gasteiger partial charge in [0.2, 0.25) is 0 Å². The first kappa shape index (κ1) is 19.4. The van der Waals surface area contributed by atoms with Crippen LogP contribution in [0.4, 0.5) is 0 Å². The summed E-state index contributed by atoms with van der Waals surface area (Å²) in [4.78, 5) is 12.0. The molecule has 0 aromatic heterocycles. The van der Waals surface area contributed by atoms with Gasteiger partial charge in [-0.05, 0) is 31.1 Å². The van der Waals surface area contributed by atoms with Crippen molar-refractivity contribution in [1.82, 2.24) is 5.32 Å². The van der Waals surface area contributed by atoms with E-state index in [1.807, 2.05) is 13.0 Å². The highest BCUT2D eigenvalue weighted by atomic mass is 28.4. The Kier molecular flexibility index (Phi) is 5.80. The molecule has 1 rings (SSSR count). The Hall–Kier alpha value is -1.62. The van der Waals surface area contributed by atoms with Crippen molar-refractivity contribution in [2.45, 2.75) is 58.2 Å². The molecule has 7 heteroatoms. The Labute approximate surface area is 138 Å². The number of dihydropyridines is 1. The molecule has 0 aromatic carbocycles. The van der Waals surface area contributed by atoms with Crippen LogP contribution in [0.1, 0.15) is 27.7 Å². The third-order valence-corrected chi connectivity index (χ3v) is 8.95. The summed E-state index contributed by atoms with van der Waals surface area (Å²) >= 11 is 0. The van der Waals surface area contributed by atoms with Gasteiger partial charge in [0.15, 0.2) is 14.5 Å². The van der Waals surface area contributed by atoms with Crippen molar-refractivity contribution in [3.05, 3.63) is 22.9 Å². The molecule has 2 atom stereocenters. The Bertz CT molecular complexity index is 582. The largest absolute Gasteiger partial charge is 0.465 e. The van der Waals surface area contributed by atoms with Crippen molar-refractivity contribution in [3.63, 3.8) is 0 Å². The zero-order valence-corrected chi connectivity index (χ0v) is 15.9. The first-order valence-electron chi connectivity index (χ1n) is 7.51. The van der Waals surface area contributed by atoms with E-state index in [0.717, 1.165) is 0 Å². The Morgan fingerprint density at radius 1 is 1.48 bits per heavy atom. The van der Waals surface area contributed by atoms with E-state index in [4.69, 9.17) is 14.4 Å². The second kappa shape index (κ2) is 6.87. The number of nitrogens with one attached hydrogen (secondary N) is 1. The average Bonchev–Trinajstić information content (AvgIpc) is 2.44. The molecule has 0 aromatic rings. The number of aliphatic hydroxyl groups is 1. The molecule has 0 amide bonds. The summed E-state index contributed by atoms with van der Waals surface area (Å²) in [5, 5.41) is 21.8. The number of methoxy groups -OCH3 is 1. The predicted molar refractivity (Wildman–Crippen MR) is 89.6 cm³/mol. The molecule has 1 heterocycles. The van der Waals surface area contributed by atoms with Crippen molar-refractivity contribution in [2.75, 3.05) is 7.11 Å². The van der Waals surface area contributed by atoms with Gasteiger partial charge in [-0.25, -0.2) is 4.79 Å². The standard InChI is InChI=1S/C16H26N2O4Si/c1-10(22-23(6,7)16(2,3)4)13-12(15(20)21-5)8-11(9-17)14(19)18-13/h8,10,14,18-19H,1-7H3. The molecule has 6 nitrogen and oxygen atoms in total. The SMILES string of the molecule is COC(=O)C1=C(C(C)O[Si](C)(C)C(C)(C)C)NC(O)C(C#N)=C1. The number of carbonyl (C=O) groups excluding carboxylic acids is 1. The van der Waals surface area contributed by atoms with Gasteiger partial charge in [0.25, 0.3) is 0 Å². The summed E-state index contributed by atoms with van der Waals surface area (Å²) in [5.41, 5.74) is 0.711. The topological polar surface area (TPSA) is 91.6 Å². The maximum atomic E-state index is 12.0. The van der Waals surface area contributed by atoms with Crippen molar-refractivity contribution in [2.24, 2.45) is 0 Å². The zero-order chi connectivity index (χ0) is 18.0. The zero-order valence-electron chi connectivity index (χ0n) is 14.9. The molecule has 0 bridgehead atoms. The number of esters is 1. The molecule has 0 radical (unpaired) electrons. The first-order valence-corrected chi connectivity index (χ1v) is 10.4. The van der Waals surface area contributed by atoms with E-state index >= 15 is 0 Å². The lowest BCUT2D eigenvalue weighted by molar-refractivity contribution is -0.135. The van der Waals surface area contributed by atoms with E-state index in [1.54, 1.807) is 0 Å². The maximum absolute atomic E-state index is 12.0. The lowest BCUT2D eigenvalue weighted by atomic mass is 10.0. The lowest BCUT2D eigenvalue weighted by Gasteiger charge is -2.40. The number of rotatable bonds is 4. The van der Waals surface area contributed by atoms with E-state index in [0.29, 0.717) is 5.70 Å². The van der Waals surface area contributed by atoms with Crippen molar-refractivity contribution in [1.29, 1.82) is 5.26 Å². The van der Waals surface area contributed by atoms with E-state index in [-0.39, 0.29) is 16.2 Å². The molecule has 128 valence electrons. The predicted octanol–water partition coefficient (Wildman–Crippen LogP) is 2.20. The van der Waals surface area contributed by atoms with Crippen LogP contribution in [0.3, 0.4) is 0 Å². The second-order valence-electron chi connectivity index (χ2n) is 7.10. The molecule has 0 saturated carbocycles. The first-order chi connectivity index (χ1) is 10.4. The van der Waals surface area contributed by atoms with Crippen molar-refractivity contribution >= 4 is 14.3 Å². The molecular formula is C16H26N2O4Si. The van der Waals surface area contributed by atoms with Crippen LogP contribution in [0.25, 0.3) is 0 Å². The number of nitrogens with zero attached hydrogens (tertiary/aromatic N) is 1. The van der Waals surface area contributed by atoms with Gasteiger partial charge in [-0.1, -0.05) is 20.8 Å². The van der Waals surface area contributed by atoms with Crippen molar-refractivity contribution < 1.29 is 19.1 Å². The maximum Gasteiger partial charge on any atom is 0.339 e. The minimum atomic E-state index is -2.07. The summed E-state index contributed by atoms with van der Waals surface area (Å²) in [6.45, 7) is 12.4. The molecular weight excluding hydrogens is 312 g/mol. The highest BCUT2D eigenvalue weighted by molar-refractivity contribution is 6.74. The van der Waals surface area contributed by atoms with Crippen LogP contribution in [0.15, 0.2) is 22.9 Å². The Morgan fingerprint density at radius 3 is 2.48 bits per heavy atom. The number of aliphatic hydroxyl groups excluding tert-OH is 1. The monoisotopic (exact) mass is 338 g/mol. The summed E-state index contributed by atoms with van der Waals surface area (Å²) in [6.07, 6.45) is -0.238. The highest BCUT2D eigenvalue weighted by Gasteiger charge is 2.40. The molecule has 0 saturated heterocycles. The van der Waals surface area contributed by atoms with E-state index in [2.05, 4.69) is 39.2 Å². The van der Waals surface area contributed by atoms with Gasteiger partial charge in [0, 0.05) is 0 Å². The van der Waals surface area contributed by atoms with Gasteiger partial charge in [0.1, 0.15) is 0 Å². The van der Waals surface area contributed by atoms with E-state index in [1.165, 1.54) is 13.2 Å². The van der Waals surface area contributed by atoms with E-state index in [9.17, 15) is 9.90 Å². The fourth-order valence-electron chi connectivity index (χ4n) is 2.00. The van der Waals surface area contributed by atoms with E-state index < -0.39 is 26.6 Å². The number of ether oxygens (including phenoxy) is 1. The van der Waals surface area contributed by atoms with Crippen LogP contribution in [-0.4, -0.2) is 38.8 Å². The minimum Gasteiger partial charge on any atom is -0.465 e.